The molecule has 0 aromatic heterocycles. The molecule has 8 nitrogen and oxygen atoms in total. The third-order valence-corrected chi connectivity index (χ3v) is 12.3. The van der Waals surface area contributed by atoms with Crippen molar-refractivity contribution in [3.63, 3.8) is 0 Å². The Kier molecular flexibility index (Phi) is 9.55. The zero-order chi connectivity index (χ0) is 32.0. The van der Waals surface area contributed by atoms with Gasteiger partial charge in [0, 0.05) is 17.8 Å². The van der Waals surface area contributed by atoms with Crippen molar-refractivity contribution >= 4 is 40.8 Å². The van der Waals surface area contributed by atoms with E-state index in [0.29, 0.717) is 23.1 Å². The molecule has 0 saturated heterocycles. The molecule has 0 bridgehead atoms. The highest BCUT2D eigenvalue weighted by atomic mass is 31.2. The van der Waals surface area contributed by atoms with Gasteiger partial charge in [0.05, 0.1) is 41.4 Å². The maximum atomic E-state index is 14.1. The second-order valence-electron chi connectivity index (χ2n) is 10.5. The topological polar surface area (TPSA) is 108 Å². The van der Waals surface area contributed by atoms with Gasteiger partial charge in [-0.25, -0.2) is 9.59 Å². The average molecular weight is 622 g/mol. The van der Waals surface area contributed by atoms with Crippen LogP contribution in [-0.2, 0) is 19.1 Å². The fraction of sp³-hybridized carbons (Fsp3) is 0.167. The first kappa shape index (κ1) is 31.4. The second-order valence-corrected chi connectivity index (χ2v) is 14.0. The Bertz CT molecular complexity index is 1670. The highest BCUT2D eigenvalue weighted by molar-refractivity contribution is 7.95. The normalized spacial score (nSPS) is 14.9. The molecule has 1 heterocycles. The zero-order valence-corrected chi connectivity index (χ0v) is 26.2. The number of nitrogens with one attached hydrogen (secondary N) is 1. The molecule has 0 saturated carbocycles. The van der Waals surface area contributed by atoms with E-state index >= 15 is 0 Å². The molecule has 4 aromatic carbocycles. The minimum atomic E-state index is -2.51. The number of rotatable bonds is 10. The number of nitro benzene ring substituents is 1. The molecule has 5 rings (SSSR count). The van der Waals surface area contributed by atoms with Crippen molar-refractivity contribution in [2.75, 3.05) is 19.9 Å². The van der Waals surface area contributed by atoms with Crippen molar-refractivity contribution in [2.24, 2.45) is 0 Å². The second kappa shape index (κ2) is 13.7. The molecule has 0 fully saturated rings. The SMILES string of the molecule is CCOC(=O)C1=C(C[P+](c2ccccc2)(c2ccccc2)c2ccccc2)NC(C)=C(C(=O)OC)C1c1cccc([N+](=O)[O-])c1. The first-order valence-electron chi connectivity index (χ1n) is 14.6. The van der Waals surface area contributed by atoms with Gasteiger partial charge >= 0.3 is 11.9 Å². The van der Waals surface area contributed by atoms with E-state index in [1.807, 2.05) is 54.6 Å². The van der Waals surface area contributed by atoms with Gasteiger partial charge in [-0.15, -0.1) is 0 Å². The number of carbonyl (C=O) groups is 2. The minimum Gasteiger partial charge on any atom is -0.466 e. The first-order valence-corrected chi connectivity index (χ1v) is 16.5. The number of methoxy groups -OCH3 is 1. The van der Waals surface area contributed by atoms with Crippen molar-refractivity contribution < 1.29 is 24.0 Å². The standard InChI is InChI=1S/C36H33N2O6P/c1-4-44-36(40)34-31(37-25(2)32(35(39)43-3)33(34)26-15-14-16-27(23-26)38(41)42)24-45(28-17-8-5-9-18-28,29-19-10-6-11-20-29)30-21-12-7-13-22-30/h5-23,33H,4,24H2,1-3H3/p+1. The van der Waals surface area contributed by atoms with Crippen LogP contribution in [0.2, 0.25) is 0 Å². The smallest absolute Gasteiger partial charge is 0.336 e. The van der Waals surface area contributed by atoms with Crippen LogP contribution in [0.3, 0.4) is 0 Å². The molecule has 0 radical (unpaired) electrons. The monoisotopic (exact) mass is 621 g/mol. The third kappa shape index (κ3) is 6.15. The lowest BCUT2D eigenvalue weighted by molar-refractivity contribution is -0.384. The summed E-state index contributed by atoms with van der Waals surface area (Å²) in [5.74, 6) is -2.23. The third-order valence-electron chi connectivity index (χ3n) is 7.95. The van der Waals surface area contributed by atoms with Crippen molar-refractivity contribution in [1.29, 1.82) is 0 Å². The number of nitrogens with zero attached hydrogens (tertiary/aromatic N) is 1. The molecule has 0 spiro atoms. The molecular formula is C36H34N2O6P+. The largest absolute Gasteiger partial charge is 0.466 e. The average Bonchev–Trinajstić information content (AvgIpc) is 3.07. The maximum Gasteiger partial charge on any atom is 0.336 e. The van der Waals surface area contributed by atoms with E-state index in [1.54, 1.807) is 26.0 Å². The number of carbonyl (C=O) groups excluding carboxylic acids is 2. The molecule has 0 aliphatic carbocycles. The van der Waals surface area contributed by atoms with E-state index in [1.165, 1.54) is 19.2 Å². The molecule has 0 amide bonds. The van der Waals surface area contributed by atoms with Crippen LogP contribution >= 0.6 is 7.26 Å². The molecule has 9 heteroatoms. The van der Waals surface area contributed by atoms with Crippen LogP contribution < -0.4 is 21.2 Å². The summed E-state index contributed by atoms with van der Waals surface area (Å²) in [6, 6.07) is 36.7. The number of non-ortho nitro benzene ring substituents is 1. The van der Waals surface area contributed by atoms with Gasteiger partial charge in [0.25, 0.3) is 5.69 Å². The van der Waals surface area contributed by atoms with Gasteiger partial charge < -0.3 is 14.8 Å². The fourth-order valence-electron chi connectivity index (χ4n) is 6.01. The number of hydrogen-bond donors (Lipinski definition) is 1. The molecule has 45 heavy (non-hydrogen) atoms. The molecular weight excluding hydrogens is 587 g/mol. The van der Waals surface area contributed by atoms with E-state index in [0.717, 1.165) is 15.9 Å². The Hall–Kier alpha value is -5.07. The number of ether oxygens (including phenoxy) is 2. The van der Waals surface area contributed by atoms with Gasteiger partial charge in [0.15, 0.2) is 0 Å². The summed E-state index contributed by atoms with van der Waals surface area (Å²) in [4.78, 5) is 38.7. The predicted molar refractivity (Wildman–Crippen MR) is 177 cm³/mol. The van der Waals surface area contributed by atoms with Gasteiger partial charge in [-0.2, -0.15) is 0 Å². The minimum absolute atomic E-state index is 0.101. The fourth-order valence-corrected chi connectivity index (χ4v) is 10.2. The van der Waals surface area contributed by atoms with Gasteiger partial charge in [-0.3, -0.25) is 10.1 Å². The number of allylic oxidation sites excluding steroid dienone is 2. The van der Waals surface area contributed by atoms with E-state index in [-0.39, 0.29) is 23.4 Å². The zero-order valence-electron chi connectivity index (χ0n) is 25.3. The number of hydrogen-bond acceptors (Lipinski definition) is 7. The summed E-state index contributed by atoms with van der Waals surface area (Å²) in [6.45, 7) is 3.57. The molecule has 1 atom stereocenters. The van der Waals surface area contributed by atoms with Crippen LogP contribution in [0.15, 0.2) is 138 Å². The summed E-state index contributed by atoms with van der Waals surface area (Å²) in [5.41, 5.74) is 1.74. The van der Waals surface area contributed by atoms with E-state index in [2.05, 4.69) is 41.7 Å². The molecule has 1 unspecified atom stereocenters. The lowest BCUT2D eigenvalue weighted by Crippen LogP contribution is -2.39. The van der Waals surface area contributed by atoms with E-state index in [9.17, 15) is 19.7 Å². The summed E-state index contributed by atoms with van der Waals surface area (Å²) < 4.78 is 10.8. The summed E-state index contributed by atoms with van der Waals surface area (Å²) >= 11 is 0. The van der Waals surface area contributed by atoms with Crippen LogP contribution in [0.5, 0.6) is 0 Å². The van der Waals surface area contributed by atoms with Crippen LogP contribution in [0.4, 0.5) is 5.69 Å². The van der Waals surface area contributed by atoms with Gasteiger partial charge in [0.1, 0.15) is 29.3 Å². The summed E-state index contributed by atoms with van der Waals surface area (Å²) in [5, 5.41) is 18.5. The predicted octanol–water partition coefficient (Wildman–Crippen LogP) is 5.54. The number of dihydropyridines is 1. The quantitative estimate of drug-likeness (QED) is 0.107. The maximum absolute atomic E-state index is 14.1. The highest BCUT2D eigenvalue weighted by Crippen LogP contribution is 2.57. The van der Waals surface area contributed by atoms with Crippen LogP contribution in [0, 0.1) is 10.1 Å². The Morgan fingerprint density at radius 3 is 1.80 bits per heavy atom. The van der Waals surface area contributed by atoms with Gasteiger partial charge in [-0.1, -0.05) is 66.7 Å². The Labute approximate surface area is 262 Å². The van der Waals surface area contributed by atoms with E-state index in [4.69, 9.17) is 9.47 Å². The van der Waals surface area contributed by atoms with Gasteiger partial charge in [-0.05, 0) is 55.8 Å². The van der Waals surface area contributed by atoms with Crippen LogP contribution in [0.1, 0.15) is 25.3 Å². The Morgan fingerprint density at radius 1 is 0.800 bits per heavy atom. The van der Waals surface area contributed by atoms with Crippen LogP contribution in [-0.4, -0.2) is 36.7 Å². The molecule has 1 N–H and O–H groups in total. The molecule has 4 aromatic rings. The first-order chi connectivity index (χ1) is 21.8. The number of esters is 2. The van der Waals surface area contributed by atoms with Crippen molar-refractivity contribution in [1.82, 2.24) is 5.32 Å². The lowest BCUT2D eigenvalue weighted by atomic mass is 9.80. The van der Waals surface area contributed by atoms with Crippen molar-refractivity contribution in [3.8, 4) is 0 Å². The number of benzene rings is 4. The van der Waals surface area contributed by atoms with Gasteiger partial charge in [0.2, 0.25) is 0 Å². The molecule has 1 aliphatic heterocycles. The molecule has 1 aliphatic rings. The van der Waals surface area contributed by atoms with Crippen molar-refractivity contribution in [2.45, 2.75) is 19.8 Å². The molecule has 228 valence electrons. The lowest BCUT2D eigenvalue weighted by Gasteiger charge is -2.34. The summed E-state index contributed by atoms with van der Waals surface area (Å²) in [7, 11) is -1.24. The number of nitro groups is 1. The van der Waals surface area contributed by atoms with E-state index < -0.39 is 30.0 Å². The van der Waals surface area contributed by atoms with Crippen LogP contribution in [0.25, 0.3) is 0 Å². The summed E-state index contributed by atoms with van der Waals surface area (Å²) in [6.07, 6.45) is 0.385. The highest BCUT2D eigenvalue weighted by Gasteiger charge is 2.49. The van der Waals surface area contributed by atoms with Crippen molar-refractivity contribution in [3.05, 3.63) is 153 Å². The Balaban J connectivity index is 1.85. The Morgan fingerprint density at radius 2 is 1.33 bits per heavy atom.